The Morgan fingerprint density at radius 2 is 1.96 bits per heavy atom. The molecule has 2 unspecified atom stereocenters. The molecule has 0 saturated heterocycles. The van der Waals surface area contributed by atoms with Gasteiger partial charge in [-0.15, -0.1) is 0 Å². The second-order valence-electron chi connectivity index (χ2n) is 9.80. The number of unbranched alkanes of at least 4 members (excludes halogenated alkanes) is 3. The van der Waals surface area contributed by atoms with Crippen LogP contribution in [0.4, 0.5) is 0 Å². The number of hydrogen-bond donors (Lipinski definition) is 1. The monoisotopic (exact) mass is 372 g/mol. The Kier molecular flexibility index (Phi) is 5.61. The summed E-state index contributed by atoms with van der Waals surface area (Å²) in [4.78, 5) is 12.1. The smallest absolute Gasteiger partial charge is 0.133 e. The zero-order chi connectivity index (χ0) is 19.8. The van der Waals surface area contributed by atoms with E-state index < -0.39 is 0 Å². The van der Waals surface area contributed by atoms with Gasteiger partial charge < -0.3 is 9.84 Å². The Hall–Kier alpha value is -1.51. The number of ether oxygens (including phenoxy) is 1. The molecule has 1 N–H and O–H groups in total. The largest absolute Gasteiger partial charge is 0.508 e. The quantitative estimate of drug-likeness (QED) is 0.599. The van der Waals surface area contributed by atoms with Gasteiger partial charge >= 0.3 is 0 Å². The second kappa shape index (κ2) is 7.48. The van der Waals surface area contributed by atoms with E-state index in [1.54, 1.807) is 0 Å². The molecule has 1 aromatic carbocycles. The van der Waals surface area contributed by atoms with Crippen LogP contribution < -0.4 is 4.74 Å². The number of phenolic OH excluding ortho intramolecular Hbond substituents is 1. The summed E-state index contributed by atoms with van der Waals surface area (Å²) in [5.74, 6) is 1.75. The fourth-order valence-electron chi connectivity index (χ4n) is 5.10. The number of aromatic hydroxyl groups is 1. The Labute approximate surface area is 164 Å². The molecule has 0 bridgehead atoms. The molecular formula is C24H36O3. The van der Waals surface area contributed by atoms with Crippen LogP contribution in [-0.2, 0) is 10.2 Å². The Bertz CT molecular complexity index is 702. The van der Waals surface area contributed by atoms with Crippen LogP contribution in [0.15, 0.2) is 12.1 Å². The fourth-order valence-corrected chi connectivity index (χ4v) is 5.10. The van der Waals surface area contributed by atoms with Crippen LogP contribution in [-0.4, -0.2) is 16.5 Å². The van der Waals surface area contributed by atoms with Crippen LogP contribution in [0, 0.1) is 5.92 Å². The number of phenols is 1. The second-order valence-corrected chi connectivity index (χ2v) is 9.80. The molecule has 3 nitrogen and oxygen atoms in total. The van der Waals surface area contributed by atoms with Crippen molar-refractivity contribution in [1.29, 1.82) is 0 Å². The van der Waals surface area contributed by atoms with Crippen LogP contribution in [0.5, 0.6) is 11.5 Å². The third-order valence-corrected chi connectivity index (χ3v) is 6.86. The Morgan fingerprint density at radius 1 is 1.22 bits per heavy atom. The van der Waals surface area contributed by atoms with E-state index in [1.165, 1.54) is 25.7 Å². The number of carbonyl (C=O) groups excluding carboxylic acids is 1. The first kappa shape index (κ1) is 20.2. The summed E-state index contributed by atoms with van der Waals surface area (Å²) < 4.78 is 6.41. The summed E-state index contributed by atoms with van der Waals surface area (Å²) in [6, 6.07) is 4.06. The molecule has 0 aromatic heterocycles. The van der Waals surface area contributed by atoms with Crippen molar-refractivity contribution in [3.63, 3.8) is 0 Å². The maximum Gasteiger partial charge on any atom is 0.133 e. The maximum absolute atomic E-state index is 12.1. The molecule has 150 valence electrons. The highest BCUT2D eigenvalue weighted by molar-refractivity contribution is 5.81. The molecule has 0 radical (unpaired) electrons. The maximum atomic E-state index is 12.1. The molecule has 2 atom stereocenters. The molecule has 1 aliphatic carbocycles. The highest BCUT2D eigenvalue weighted by Crippen LogP contribution is 2.54. The van der Waals surface area contributed by atoms with Gasteiger partial charge in [0, 0.05) is 30.2 Å². The summed E-state index contributed by atoms with van der Waals surface area (Å²) in [5, 5.41) is 10.9. The van der Waals surface area contributed by atoms with E-state index in [2.05, 4.69) is 40.7 Å². The number of fused-ring (bicyclic) bond motifs is 3. The molecular weight excluding hydrogens is 336 g/mol. The van der Waals surface area contributed by atoms with E-state index in [0.717, 1.165) is 29.7 Å². The van der Waals surface area contributed by atoms with E-state index in [4.69, 9.17) is 4.74 Å². The number of ketones is 1. The normalized spacial score (nSPS) is 24.1. The summed E-state index contributed by atoms with van der Waals surface area (Å²) in [6.45, 7) is 11.0. The minimum Gasteiger partial charge on any atom is -0.508 e. The molecule has 1 aromatic rings. The van der Waals surface area contributed by atoms with E-state index in [1.807, 2.05) is 6.07 Å². The predicted molar refractivity (Wildman–Crippen MR) is 110 cm³/mol. The lowest BCUT2D eigenvalue weighted by Gasteiger charge is -2.47. The van der Waals surface area contributed by atoms with Gasteiger partial charge in [0.2, 0.25) is 0 Å². The lowest BCUT2D eigenvalue weighted by molar-refractivity contribution is -0.124. The predicted octanol–water partition coefficient (Wildman–Crippen LogP) is 6.26. The third-order valence-electron chi connectivity index (χ3n) is 6.86. The fraction of sp³-hybridized carbons (Fsp3) is 0.708. The Balaban J connectivity index is 1.92. The molecule has 3 heteroatoms. The van der Waals surface area contributed by atoms with Crippen LogP contribution in [0.3, 0.4) is 0 Å². The minimum atomic E-state index is -0.311. The summed E-state index contributed by atoms with van der Waals surface area (Å²) in [7, 11) is 0. The number of hydrogen-bond acceptors (Lipinski definition) is 3. The number of Topliss-reactive ketones (excluding diaryl/α,β-unsaturated/α-hetero) is 1. The van der Waals surface area contributed by atoms with E-state index in [-0.39, 0.29) is 22.9 Å². The van der Waals surface area contributed by atoms with Gasteiger partial charge in [0.15, 0.2) is 0 Å². The van der Waals surface area contributed by atoms with Crippen molar-refractivity contribution in [3.8, 4) is 11.5 Å². The summed E-state index contributed by atoms with van der Waals surface area (Å²) >= 11 is 0. The summed E-state index contributed by atoms with van der Waals surface area (Å²) in [5.41, 5.74) is 1.67. The molecule has 27 heavy (non-hydrogen) atoms. The van der Waals surface area contributed by atoms with Crippen molar-refractivity contribution < 1.29 is 14.6 Å². The van der Waals surface area contributed by atoms with E-state index in [9.17, 15) is 9.90 Å². The van der Waals surface area contributed by atoms with Crippen molar-refractivity contribution in [2.75, 3.05) is 0 Å². The Morgan fingerprint density at radius 3 is 2.67 bits per heavy atom. The van der Waals surface area contributed by atoms with E-state index in [0.29, 0.717) is 24.4 Å². The van der Waals surface area contributed by atoms with Crippen molar-refractivity contribution >= 4 is 5.78 Å². The standard InChI is InChI=1S/C24H36O3/c1-6-7-8-9-12-23(2,3)16-13-20(26)22-18-15-17(25)10-11-19(18)24(4,5)27-21(22)14-16/h13-14,18-19,26H,6-12,15H2,1-5H3. The van der Waals surface area contributed by atoms with Gasteiger partial charge in [-0.25, -0.2) is 0 Å². The van der Waals surface area contributed by atoms with Crippen molar-refractivity contribution in [2.24, 2.45) is 5.92 Å². The van der Waals surface area contributed by atoms with Crippen LogP contribution in [0.1, 0.15) is 103 Å². The topological polar surface area (TPSA) is 46.5 Å². The van der Waals surface area contributed by atoms with E-state index >= 15 is 0 Å². The van der Waals surface area contributed by atoms with Gasteiger partial charge in [-0.2, -0.15) is 0 Å². The molecule has 0 amide bonds. The van der Waals surface area contributed by atoms with Crippen molar-refractivity contribution in [2.45, 2.75) is 103 Å². The van der Waals surface area contributed by atoms with Crippen LogP contribution in [0.2, 0.25) is 0 Å². The van der Waals surface area contributed by atoms with Gasteiger partial charge in [-0.05, 0) is 49.8 Å². The zero-order valence-electron chi connectivity index (χ0n) is 17.7. The number of rotatable bonds is 6. The lowest BCUT2D eigenvalue weighted by Crippen LogP contribution is -2.47. The number of benzene rings is 1. The molecule has 1 saturated carbocycles. The van der Waals surface area contributed by atoms with Gasteiger partial charge in [-0.1, -0.05) is 46.5 Å². The average Bonchev–Trinajstić information content (AvgIpc) is 2.57. The highest BCUT2D eigenvalue weighted by atomic mass is 16.5. The van der Waals surface area contributed by atoms with Gasteiger partial charge in [0.25, 0.3) is 0 Å². The van der Waals surface area contributed by atoms with Gasteiger partial charge in [-0.3, -0.25) is 4.79 Å². The molecule has 3 rings (SSSR count). The molecule has 1 aliphatic heterocycles. The van der Waals surface area contributed by atoms with Gasteiger partial charge in [0.05, 0.1) is 0 Å². The zero-order valence-corrected chi connectivity index (χ0v) is 17.7. The van der Waals surface area contributed by atoms with Crippen LogP contribution in [0.25, 0.3) is 0 Å². The molecule has 1 fully saturated rings. The third kappa shape index (κ3) is 4.02. The van der Waals surface area contributed by atoms with Crippen molar-refractivity contribution in [1.82, 2.24) is 0 Å². The molecule has 1 heterocycles. The lowest BCUT2D eigenvalue weighted by atomic mass is 9.66. The van der Waals surface area contributed by atoms with Crippen LogP contribution >= 0.6 is 0 Å². The first-order chi connectivity index (χ1) is 12.7. The average molecular weight is 373 g/mol. The summed E-state index contributed by atoms with van der Waals surface area (Å²) in [6.07, 6.45) is 8.07. The molecule has 0 spiro atoms. The van der Waals surface area contributed by atoms with Gasteiger partial charge in [0.1, 0.15) is 22.9 Å². The number of carbonyl (C=O) groups is 1. The SMILES string of the molecule is CCCCCCC(C)(C)c1cc(O)c2c(c1)OC(C)(C)C1CCC(=O)CC21. The highest BCUT2D eigenvalue weighted by Gasteiger charge is 2.47. The first-order valence-corrected chi connectivity index (χ1v) is 10.7. The first-order valence-electron chi connectivity index (χ1n) is 10.7. The minimum absolute atomic E-state index is 0.00696. The molecule has 2 aliphatic rings. The van der Waals surface area contributed by atoms with Crippen molar-refractivity contribution in [3.05, 3.63) is 23.3 Å².